The number of benzene rings is 2. The molecule has 0 unspecified atom stereocenters. The van der Waals surface area contributed by atoms with E-state index < -0.39 is 0 Å². The van der Waals surface area contributed by atoms with Crippen LogP contribution in [0.5, 0.6) is 0 Å². The van der Waals surface area contributed by atoms with Gasteiger partial charge in [0, 0.05) is 30.8 Å². The molecule has 0 bridgehead atoms. The molecule has 25 heavy (non-hydrogen) atoms. The Balaban J connectivity index is 1.67. The predicted octanol–water partition coefficient (Wildman–Crippen LogP) is 1.78. The second-order valence-electron chi connectivity index (χ2n) is 5.88. The minimum atomic E-state index is -0.129. The molecule has 0 aliphatic heterocycles. The van der Waals surface area contributed by atoms with E-state index in [9.17, 15) is 4.79 Å². The summed E-state index contributed by atoms with van der Waals surface area (Å²) in [5, 5.41) is 7.05. The van der Waals surface area contributed by atoms with Crippen molar-refractivity contribution in [2.45, 2.75) is 12.5 Å². The highest BCUT2D eigenvalue weighted by molar-refractivity contribution is 5.94. The van der Waals surface area contributed by atoms with Crippen LogP contribution in [-0.4, -0.2) is 33.3 Å². The van der Waals surface area contributed by atoms with Gasteiger partial charge in [0.1, 0.15) is 6.33 Å². The van der Waals surface area contributed by atoms with Crippen molar-refractivity contribution in [3.63, 3.8) is 0 Å². The quantitative estimate of drug-likeness (QED) is 0.719. The lowest BCUT2D eigenvalue weighted by atomic mass is 10.1. The molecule has 3 N–H and O–H groups in total. The number of carbonyl (C=O) groups is 1. The number of hydrogen-bond acceptors (Lipinski definition) is 4. The molecule has 0 saturated heterocycles. The summed E-state index contributed by atoms with van der Waals surface area (Å²) < 4.78 is 1.69. The third kappa shape index (κ3) is 4.10. The summed E-state index contributed by atoms with van der Waals surface area (Å²) in [6, 6.07) is 17.2. The van der Waals surface area contributed by atoms with Crippen molar-refractivity contribution in [2.24, 2.45) is 12.8 Å². The molecular formula is C19H21N5O. The largest absolute Gasteiger partial charge is 0.348 e. The molecule has 0 aliphatic rings. The zero-order valence-electron chi connectivity index (χ0n) is 14.1. The number of nitrogens with two attached hydrogens (primary N) is 1. The van der Waals surface area contributed by atoms with Crippen LogP contribution in [0.4, 0.5) is 0 Å². The molecule has 0 spiro atoms. The molecule has 1 aromatic heterocycles. The number of carbonyl (C=O) groups excluding carboxylic acids is 1. The summed E-state index contributed by atoms with van der Waals surface area (Å²) in [6.07, 6.45) is 2.21. The average Bonchev–Trinajstić information content (AvgIpc) is 3.08. The van der Waals surface area contributed by atoms with Gasteiger partial charge in [-0.3, -0.25) is 4.79 Å². The summed E-state index contributed by atoms with van der Waals surface area (Å²) in [5.74, 6) is 0.631. The SMILES string of the molecule is Cn1ncnc1-c1ccc(C(=O)N[C@H](CN)Cc2ccccc2)cc1. The summed E-state index contributed by atoms with van der Waals surface area (Å²) >= 11 is 0. The maximum atomic E-state index is 12.5. The van der Waals surface area contributed by atoms with Crippen LogP contribution in [0.2, 0.25) is 0 Å². The van der Waals surface area contributed by atoms with Crippen LogP contribution < -0.4 is 11.1 Å². The van der Waals surface area contributed by atoms with Gasteiger partial charge in [-0.05, 0) is 24.1 Å². The molecule has 3 aromatic rings. The molecule has 6 heteroatoms. The Morgan fingerprint density at radius 3 is 2.48 bits per heavy atom. The zero-order valence-corrected chi connectivity index (χ0v) is 14.1. The standard InChI is InChI=1S/C19H21N5O/c1-24-18(21-13-22-24)15-7-9-16(10-8-15)19(25)23-17(12-20)11-14-5-3-2-4-6-14/h2-10,13,17H,11-12,20H2,1H3,(H,23,25)/t17-/m0/s1. The maximum absolute atomic E-state index is 12.5. The topological polar surface area (TPSA) is 85.8 Å². The van der Waals surface area contributed by atoms with Crippen LogP contribution in [0.15, 0.2) is 60.9 Å². The van der Waals surface area contributed by atoms with Gasteiger partial charge in [0.2, 0.25) is 0 Å². The maximum Gasteiger partial charge on any atom is 0.251 e. The fourth-order valence-corrected chi connectivity index (χ4v) is 2.69. The van der Waals surface area contributed by atoms with E-state index in [-0.39, 0.29) is 11.9 Å². The minimum Gasteiger partial charge on any atom is -0.348 e. The molecule has 6 nitrogen and oxygen atoms in total. The van der Waals surface area contributed by atoms with Gasteiger partial charge in [0.25, 0.3) is 5.91 Å². The first-order chi connectivity index (χ1) is 12.2. The van der Waals surface area contributed by atoms with Crippen molar-refractivity contribution < 1.29 is 4.79 Å². The molecule has 1 heterocycles. The van der Waals surface area contributed by atoms with E-state index in [4.69, 9.17) is 5.73 Å². The summed E-state index contributed by atoms with van der Waals surface area (Å²) in [5.41, 5.74) is 8.48. The van der Waals surface area contributed by atoms with Gasteiger partial charge >= 0.3 is 0 Å². The smallest absolute Gasteiger partial charge is 0.251 e. The summed E-state index contributed by atoms with van der Waals surface area (Å²) in [4.78, 5) is 16.7. The summed E-state index contributed by atoms with van der Waals surface area (Å²) in [7, 11) is 1.83. The Hall–Kier alpha value is -2.99. The van der Waals surface area contributed by atoms with Gasteiger partial charge in [0.15, 0.2) is 5.82 Å². The van der Waals surface area contributed by atoms with E-state index in [0.29, 0.717) is 18.5 Å². The molecule has 128 valence electrons. The van der Waals surface area contributed by atoms with Crippen molar-refractivity contribution in [1.82, 2.24) is 20.1 Å². The second-order valence-corrected chi connectivity index (χ2v) is 5.88. The number of amides is 1. The Morgan fingerprint density at radius 1 is 1.16 bits per heavy atom. The number of aromatic nitrogens is 3. The van der Waals surface area contributed by atoms with Crippen molar-refractivity contribution >= 4 is 5.91 Å². The van der Waals surface area contributed by atoms with Crippen molar-refractivity contribution in [1.29, 1.82) is 0 Å². The van der Waals surface area contributed by atoms with E-state index in [1.54, 1.807) is 16.8 Å². The van der Waals surface area contributed by atoms with E-state index >= 15 is 0 Å². The van der Waals surface area contributed by atoms with Crippen LogP contribution in [0.1, 0.15) is 15.9 Å². The van der Waals surface area contributed by atoms with Gasteiger partial charge < -0.3 is 11.1 Å². The normalized spacial score (nSPS) is 11.9. The van der Waals surface area contributed by atoms with Gasteiger partial charge in [-0.25, -0.2) is 9.67 Å². The second kappa shape index (κ2) is 7.72. The lowest BCUT2D eigenvalue weighted by molar-refractivity contribution is 0.0938. The van der Waals surface area contributed by atoms with Gasteiger partial charge in [-0.1, -0.05) is 42.5 Å². The van der Waals surface area contributed by atoms with E-state index in [0.717, 1.165) is 17.0 Å². The fraction of sp³-hybridized carbons (Fsp3) is 0.211. The third-order valence-corrected chi connectivity index (χ3v) is 4.06. The highest BCUT2D eigenvalue weighted by Crippen LogP contribution is 2.16. The number of hydrogen-bond donors (Lipinski definition) is 2. The molecule has 0 saturated carbocycles. The highest BCUT2D eigenvalue weighted by atomic mass is 16.1. The van der Waals surface area contributed by atoms with E-state index in [2.05, 4.69) is 15.4 Å². The van der Waals surface area contributed by atoms with Gasteiger partial charge in [-0.2, -0.15) is 5.10 Å². The first kappa shape index (κ1) is 16.9. The molecule has 3 rings (SSSR count). The van der Waals surface area contributed by atoms with Crippen LogP contribution in [0.25, 0.3) is 11.4 Å². The Bertz CT molecular complexity index is 827. The molecule has 0 radical (unpaired) electrons. The van der Waals surface area contributed by atoms with Crippen molar-refractivity contribution in [3.8, 4) is 11.4 Å². The summed E-state index contributed by atoms with van der Waals surface area (Å²) in [6.45, 7) is 0.387. The number of nitrogens with one attached hydrogen (secondary N) is 1. The van der Waals surface area contributed by atoms with E-state index in [1.807, 2.05) is 49.5 Å². The van der Waals surface area contributed by atoms with Gasteiger partial charge in [0.05, 0.1) is 0 Å². The molecule has 1 amide bonds. The minimum absolute atomic E-state index is 0.103. The lowest BCUT2D eigenvalue weighted by Gasteiger charge is -2.17. The first-order valence-electron chi connectivity index (χ1n) is 8.16. The Labute approximate surface area is 146 Å². The van der Waals surface area contributed by atoms with Crippen LogP contribution in [-0.2, 0) is 13.5 Å². The number of aryl methyl sites for hydroxylation is 1. The van der Waals surface area contributed by atoms with Crippen molar-refractivity contribution in [2.75, 3.05) is 6.54 Å². The number of rotatable bonds is 6. The van der Waals surface area contributed by atoms with Crippen LogP contribution in [0, 0.1) is 0 Å². The Morgan fingerprint density at radius 2 is 1.88 bits per heavy atom. The van der Waals surface area contributed by atoms with Crippen molar-refractivity contribution in [3.05, 3.63) is 72.1 Å². The predicted molar refractivity (Wildman–Crippen MR) is 96.9 cm³/mol. The molecule has 2 aromatic carbocycles. The number of nitrogens with zero attached hydrogens (tertiary/aromatic N) is 3. The third-order valence-electron chi connectivity index (χ3n) is 4.06. The van der Waals surface area contributed by atoms with Crippen LogP contribution >= 0.6 is 0 Å². The van der Waals surface area contributed by atoms with Crippen LogP contribution in [0.3, 0.4) is 0 Å². The molecule has 1 atom stereocenters. The average molecular weight is 335 g/mol. The first-order valence-corrected chi connectivity index (χ1v) is 8.16. The molecular weight excluding hydrogens is 314 g/mol. The lowest BCUT2D eigenvalue weighted by Crippen LogP contribution is -2.41. The monoisotopic (exact) mass is 335 g/mol. The highest BCUT2D eigenvalue weighted by Gasteiger charge is 2.13. The van der Waals surface area contributed by atoms with E-state index in [1.165, 1.54) is 6.33 Å². The fourth-order valence-electron chi connectivity index (χ4n) is 2.69. The zero-order chi connectivity index (χ0) is 17.6. The van der Waals surface area contributed by atoms with Gasteiger partial charge in [-0.15, -0.1) is 0 Å². The Kier molecular flexibility index (Phi) is 5.20. The molecule has 0 aliphatic carbocycles. The molecule has 0 fully saturated rings.